The van der Waals surface area contributed by atoms with Gasteiger partial charge in [0.2, 0.25) is 0 Å². The molecule has 0 aliphatic heterocycles. The molecule has 2 aromatic rings. The molecule has 0 amide bonds. The van der Waals surface area contributed by atoms with Gasteiger partial charge in [-0.2, -0.15) is 0 Å². The Hall–Kier alpha value is -0.970. The summed E-state index contributed by atoms with van der Waals surface area (Å²) < 4.78 is 19.0. The van der Waals surface area contributed by atoms with Crippen molar-refractivity contribution in [2.24, 2.45) is 0 Å². The van der Waals surface area contributed by atoms with E-state index in [-0.39, 0.29) is 18.5 Å². The zero-order chi connectivity index (χ0) is 13.0. The Morgan fingerprint density at radius 2 is 2.22 bits per heavy atom. The highest BCUT2D eigenvalue weighted by Crippen LogP contribution is 2.23. The highest BCUT2D eigenvalue weighted by atomic mass is 35.5. The molecule has 0 saturated heterocycles. The fourth-order valence-corrected chi connectivity index (χ4v) is 2.52. The smallest absolute Gasteiger partial charge is 0.128 e. The third kappa shape index (κ3) is 3.28. The minimum Gasteiger partial charge on any atom is -0.367 e. The second-order valence-electron chi connectivity index (χ2n) is 3.86. The average Bonchev–Trinajstić information content (AvgIpc) is 2.86. The minimum absolute atomic E-state index is 0.161. The number of benzene rings is 1. The quantitative estimate of drug-likeness (QED) is 0.764. The van der Waals surface area contributed by atoms with Gasteiger partial charge >= 0.3 is 0 Å². The van der Waals surface area contributed by atoms with E-state index in [2.05, 4.69) is 4.98 Å². The highest BCUT2D eigenvalue weighted by molar-refractivity contribution is 7.09. The van der Waals surface area contributed by atoms with Crippen molar-refractivity contribution >= 4 is 22.9 Å². The van der Waals surface area contributed by atoms with E-state index in [1.54, 1.807) is 18.2 Å². The topological polar surface area (TPSA) is 22.1 Å². The highest BCUT2D eigenvalue weighted by Gasteiger charge is 2.11. The summed E-state index contributed by atoms with van der Waals surface area (Å²) in [6, 6.07) is 6.60. The van der Waals surface area contributed by atoms with Crippen LogP contribution in [0.2, 0.25) is 0 Å². The van der Waals surface area contributed by atoms with Gasteiger partial charge in [-0.25, -0.2) is 9.37 Å². The molecule has 2 rings (SSSR count). The number of ether oxygens (including phenoxy) is 1. The van der Waals surface area contributed by atoms with Crippen molar-refractivity contribution in [1.82, 2.24) is 4.98 Å². The molecule has 1 unspecified atom stereocenters. The molecular weight excluding hydrogens is 273 g/mol. The Labute approximate surface area is 114 Å². The maximum Gasteiger partial charge on any atom is 0.128 e. The third-order valence-electron chi connectivity index (χ3n) is 2.50. The van der Waals surface area contributed by atoms with Crippen LogP contribution in [0.1, 0.15) is 29.3 Å². The van der Waals surface area contributed by atoms with E-state index in [0.717, 1.165) is 10.7 Å². The van der Waals surface area contributed by atoms with E-state index in [9.17, 15) is 4.39 Å². The van der Waals surface area contributed by atoms with Gasteiger partial charge in [-0.05, 0) is 13.0 Å². The van der Waals surface area contributed by atoms with Gasteiger partial charge in [-0.15, -0.1) is 22.9 Å². The molecule has 96 valence electrons. The molecule has 2 nitrogen and oxygen atoms in total. The van der Waals surface area contributed by atoms with E-state index in [1.807, 2.05) is 12.3 Å². The average molecular weight is 286 g/mol. The Kier molecular flexibility index (Phi) is 4.69. The lowest BCUT2D eigenvalue weighted by molar-refractivity contribution is 0.0506. The van der Waals surface area contributed by atoms with Gasteiger partial charge in [0.1, 0.15) is 16.9 Å². The lowest BCUT2D eigenvalue weighted by Gasteiger charge is -2.10. The minimum atomic E-state index is -0.245. The van der Waals surface area contributed by atoms with Gasteiger partial charge in [0, 0.05) is 10.9 Å². The SMILES string of the molecule is CC(OCc1ccccc1F)c1nc(CCl)cs1. The normalized spacial score (nSPS) is 12.6. The summed E-state index contributed by atoms with van der Waals surface area (Å²) in [6.45, 7) is 2.14. The second-order valence-corrected chi connectivity index (χ2v) is 5.01. The number of halogens is 2. The van der Waals surface area contributed by atoms with Crippen LogP contribution in [0, 0.1) is 5.82 Å². The molecule has 0 saturated carbocycles. The van der Waals surface area contributed by atoms with Crippen LogP contribution in [0.3, 0.4) is 0 Å². The zero-order valence-corrected chi connectivity index (χ0v) is 11.5. The second kappa shape index (κ2) is 6.27. The summed E-state index contributed by atoms with van der Waals surface area (Å²) in [4.78, 5) is 4.33. The summed E-state index contributed by atoms with van der Waals surface area (Å²) in [5, 5.41) is 2.77. The molecule has 1 atom stereocenters. The van der Waals surface area contributed by atoms with Crippen molar-refractivity contribution in [3.05, 3.63) is 51.7 Å². The van der Waals surface area contributed by atoms with Gasteiger partial charge < -0.3 is 4.74 Å². The molecule has 0 aliphatic rings. The first-order valence-corrected chi connectivity index (χ1v) is 6.97. The molecule has 0 radical (unpaired) electrons. The van der Waals surface area contributed by atoms with Crippen LogP contribution >= 0.6 is 22.9 Å². The Morgan fingerprint density at radius 3 is 2.89 bits per heavy atom. The Morgan fingerprint density at radius 1 is 1.44 bits per heavy atom. The Balaban J connectivity index is 1.96. The van der Waals surface area contributed by atoms with E-state index in [1.165, 1.54) is 17.4 Å². The lowest BCUT2D eigenvalue weighted by Crippen LogP contribution is -2.01. The number of thiazole rings is 1. The van der Waals surface area contributed by atoms with Crippen molar-refractivity contribution in [1.29, 1.82) is 0 Å². The fourth-order valence-electron chi connectivity index (χ4n) is 1.47. The van der Waals surface area contributed by atoms with Crippen LogP contribution in [-0.2, 0) is 17.2 Å². The van der Waals surface area contributed by atoms with Gasteiger partial charge in [-0.1, -0.05) is 18.2 Å². The molecule has 0 aliphatic carbocycles. The van der Waals surface area contributed by atoms with E-state index < -0.39 is 0 Å². The molecule has 0 fully saturated rings. The summed E-state index contributed by atoms with van der Waals surface area (Å²) in [5.41, 5.74) is 1.40. The molecule has 0 N–H and O–H groups in total. The standard InChI is InChI=1S/C13H13ClFNOS/c1-9(13-16-11(6-14)8-18-13)17-7-10-4-2-3-5-12(10)15/h2-5,8-9H,6-7H2,1H3. The van der Waals surface area contributed by atoms with Gasteiger partial charge in [0.05, 0.1) is 18.2 Å². The van der Waals surface area contributed by atoms with Gasteiger partial charge in [0.25, 0.3) is 0 Å². The summed E-state index contributed by atoms with van der Waals surface area (Å²) >= 11 is 7.20. The predicted octanol–water partition coefficient (Wildman–Crippen LogP) is 4.30. The molecule has 1 heterocycles. The Bertz CT molecular complexity index is 517. The van der Waals surface area contributed by atoms with Crippen molar-refractivity contribution in [3.63, 3.8) is 0 Å². The molecule has 1 aromatic carbocycles. The number of hydrogen-bond acceptors (Lipinski definition) is 3. The van der Waals surface area contributed by atoms with E-state index >= 15 is 0 Å². The zero-order valence-electron chi connectivity index (χ0n) is 9.90. The monoisotopic (exact) mass is 285 g/mol. The maximum atomic E-state index is 13.4. The largest absolute Gasteiger partial charge is 0.367 e. The van der Waals surface area contributed by atoms with E-state index in [0.29, 0.717) is 11.4 Å². The first-order valence-electron chi connectivity index (χ1n) is 5.56. The van der Waals surface area contributed by atoms with Crippen LogP contribution in [0.5, 0.6) is 0 Å². The van der Waals surface area contributed by atoms with Gasteiger partial charge in [-0.3, -0.25) is 0 Å². The van der Waals surface area contributed by atoms with Crippen LogP contribution < -0.4 is 0 Å². The molecule has 0 spiro atoms. The van der Waals surface area contributed by atoms with Crippen molar-refractivity contribution < 1.29 is 9.13 Å². The summed E-state index contributed by atoms with van der Waals surface area (Å²) in [5.74, 6) is 0.154. The maximum absolute atomic E-state index is 13.4. The van der Waals surface area contributed by atoms with E-state index in [4.69, 9.17) is 16.3 Å². The van der Waals surface area contributed by atoms with Crippen molar-refractivity contribution in [2.75, 3.05) is 0 Å². The first-order chi connectivity index (χ1) is 8.70. The number of hydrogen-bond donors (Lipinski definition) is 0. The molecule has 1 aromatic heterocycles. The predicted molar refractivity (Wildman–Crippen MR) is 71.3 cm³/mol. The van der Waals surface area contributed by atoms with Crippen LogP contribution in [0.25, 0.3) is 0 Å². The third-order valence-corrected chi connectivity index (χ3v) is 3.83. The number of alkyl halides is 1. The number of nitrogens with zero attached hydrogens (tertiary/aromatic N) is 1. The molecule has 0 bridgehead atoms. The first kappa shape index (κ1) is 13.5. The molecule has 5 heteroatoms. The molecular formula is C13H13ClFNOS. The van der Waals surface area contributed by atoms with Crippen molar-refractivity contribution in [2.45, 2.75) is 25.5 Å². The summed E-state index contributed by atoms with van der Waals surface area (Å²) in [7, 11) is 0. The van der Waals surface area contributed by atoms with Crippen LogP contribution in [0.15, 0.2) is 29.6 Å². The fraction of sp³-hybridized carbons (Fsp3) is 0.308. The van der Waals surface area contributed by atoms with Crippen LogP contribution in [-0.4, -0.2) is 4.98 Å². The van der Waals surface area contributed by atoms with Gasteiger partial charge in [0.15, 0.2) is 0 Å². The lowest BCUT2D eigenvalue weighted by atomic mass is 10.2. The number of rotatable bonds is 5. The van der Waals surface area contributed by atoms with Crippen molar-refractivity contribution in [3.8, 4) is 0 Å². The van der Waals surface area contributed by atoms with Crippen LogP contribution in [0.4, 0.5) is 4.39 Å². The summed E-state index contributed by atoms with van der Waals surface area (Å²) in [6.07, 6.45) is -0.161. The molecule has 18 heavy (non-hydrogen) atoms. The number of aromatic nitrogens is 1.